The summed E-state index contributed by atoms with van der Waals surface area (Å²) in [5, 5.41) is 0.497. The fourth-order valence-corrected chi connectivity index (χ4v) is 0.708. The molecule has 1 heterocycles. The molecule has 1 aliphatic rings. The van der Waals surface area contributed by atoms with E-state index in [0.29, 0.717) is 18.0 Å². The Bertz CT molecular complexity index is 109. The molecule has 0 aromatic heterocycles. The van der Waals surface area contributed by atoms with Crippen molar-refractivity contribution >= 4 is 6.29 Å². The van der Waals surface area contributed by atoms with Gasteiger partial charge in [-0.25, -0.2) is 0 Å². The molecule has 1 rings (SSSR count). The Kier molecular flexibility index (Phi) is 2.13. The van der Waals surface area contributed by atoms with Crippen LogP contribution in [0, 0.1) is 0 Å². The lowest BCUT2D eigenvalue weighted by Gasteiger charge is -2.23. The van der Waals surface area contributed by atoms with Crippen LogP contribution in [0.4, 0.5) is 4.48 Å². The number of ether oxygens (including phenoxy) is 1. The van der Waals surface area contributed by atoms with Crippen LogP contribution in [0.25, 0.3) is 0 Å². The van der Waals surface area contributed by atoms with Gasteiger partial charge in [-0.15, -0.1) is 9.60 Å². The van der Waals surface area contributed by atoms with Gasteiger partial charge in [-0.2, -0.15) is 0 Å². The molecule has 0 bridgehead atoms. The molecule has 1 atom stereocenters. The van der Waals surface area contributed by atoms with Crippen LogP contribution >= 0.6 is 0 Å². The van der Waals surface area contributed by atoms with Gasteiger partial charge in [0.2, 0.25) is 0 Å². The predicted molar refractivity (Wildman–Crippen MR) is 28.5 cm³/mol. The van der Waals surface area contributed by atoms with Crippen LogP contribution in [-0.2, 0) is 9.53 Å². The number of hydrogen-bond donors (Lipinski definition) is 0. The van der Waals surface area contributed by atoms with Crippen LogP contribution < -0.4 is 0 Å². The number of carbonyl (C=O) groups excluding carboxylic acids is 1. The van der Waals surface area contributed by atoms with E-state index in [4.69, 9.17) is 4.74 Å². The molecule has 0 aromatic carbocycles. The number of aldehydes is 1. The number of rotatable bonds is 1. The van der Waals surface area contributed by atoms with E-state index >= 15 is 0 Å². The Balaban J connectivity index is 2.38. The molecular weight excluding hydrogens is 125 g/mol. The van der Waals surface area contributed by atoms with Gasteiger partial charge >= 0.3 is 0 Å². The van der Waals surface area contributed by atoms with E-state index in [1.54, 1.807) is 0 Å². The molecule has 0 saturated carbocycles. The van der Waals surface area contributed by atoms with Gasteiger partial charge in [0.1, 0.15) is 12.3 Å². The number of morpholine rings is 1. The average Bonchev–Trinajstić information content (AvgIpc) is 1.89. The molecule has 0 radical (unpaired) electrons. The fourth-order valence-electron chi connectivity index (χ4n) is 0.708. The van der Waals surface area contributed by atoms with Gasteiger partial charge in [-0.3, -0.25) is 0 Å². The number of hydrogen-bond acceptors (Lipinski definition) is 3. The Morgan fingerprint density at radius 2 is 2.56 bits per heavy atom. The highest BCUT2D eigenvalue weighted by molar-refractivity contribution is 5.57. The van der Waals surface area contributed by atoms with E-state index in [1.165, 1.54) is 0 Å². The van der Waals surface area contributed by atoms with E-state index in [0.717, 1.165) is 0 Å². The predicted octanol–water partition coefficient (Wildman–Crippen LogP) is -0.229. The highest BCUT2D eigenvalue weighted by atomic mass is 19.2. The number of carbonyl (C=O) groups is 1. The van der Waals surface area contributed by atoms with Crippen molar-refractivity contribution in [3.63, 3.8) is 0 Å². The Morgan fingerprint density at radius 1 is 1.78 bits per heavy atom. The minimum atomic E-state index is -0.682. The molecule has 1 fully saturated rings. The van der Waals surface area contributed by atoms with Crippen molar-refractivity contribution < 1.29 is 14.0 Å². The molecule has 0 spiro atoms. The molecule has 0 aliphatic carbocycles. The molecule has 1 aliphatic heterocycles. The van der Waals surface area contributed by atoms with Gasteiger partial charge in [-0.1, -0.05) is 0 Å². The highest BCUT2D eigenvalue weighted by Crippen LogP contribution is 2.03. The molecule has 9 heavy (non-hydrogen) atoms. The SMILES string of the molecule is O=CC1COCCN1F. The first-order valence-corrected chi connectivity index (χ1v) is 2.80. The van der Waals surface area contributed by atoms with E-state index in [-0.39, 0.29) is 13.2 Å². The molecule has 0 amide bonds. The van der Waals surface area contributed by atoms with Crippen LogP contribution in [-0.4, -0.2) is 37.2 Å². The molecule has 1 saturated heterocycles. The summed E-state index contributed by atoms with van der Waals surface area (Å²) in [6, 6.07) is -0.682. The van der Waals surface area contributed by atoms with Gasteiger partial charge in [0.05, 0.1) is 19.8 Å². The third-order valence-electron chi connectivity index (χ3n) is 1.25. The van der Waals surface area contributed by atoms with Crippen LogP contribution in [0.15, 0.2) is 0 Å². The van der Waals surface area contributed by atoms with Crippen LogP contribution in [0.2, 0.25) is 0 Å². The number of halogens is 1. The van der Waals surface area contributed by atoms with E-state index in [9.17, 15) is 9.28 Å². The summed E-state index contributed by atoms with van der Waals surface area (Å²) in [7, 11) is 0. The third kappa shape index (κ3) is 1.46. The van der Waals surface area contributed by atoms with Crippen molar-refractivity contribution in [2.24, 2.45) is 0 Å². The first-order chi connectivity index (χ1) is 4.34. The summed E-state index contributed by atoms with van der Waals surface area (Å²) in [4.78, 5) is 10.0. The maximum atomic E-state index is 12.4. The van der Waals surface area contributed by atoms with Crippen LogP contribution in [0.1, 0.15) is 0 Å². The van der Waals surface area contributed by atoms with E-state index < -0.39 is 6.04 Å². The summed E-state index contributed by atoms with van der Waals surface area (Å²) >= 11 is 0. The third-order valence-corrected chi connectivity index (χ3v) is 1.25. The zero-order valence-corrected chi connectivity index (χ0v) is 4.92. The Labute approximate surface area is 52.3 Å². The minimum absolute atomic E-state index is 0.181. The lowest BCUT2D eigenvalue weighted by atomic mass is 10.3. The van der Waals surface area contributed by atoms with Gasteiger partial charge < -0.3 is 9.53 Å². The number of nitrogens with zero attached hydrogens (tertiary/aromatic N) is 1. The average molecular weight is 133 g/mol. The first kappa shape index (κ1) is 6.64. The van der Waals surface area contributed by atoms with Crippen LogP contribution in [0.5, 0.6) is 0 Å². The zero-order valence-electron chi connectivity index (χ0n) is 4.92. The molecule has 1 unspecified atom stereocenters. The van der Waals surface area contributed by atoms with Crippen molar-refractivity contribution in [3.05, 3.63) is 0 Å². The summed E-state index contributed by atoms with van der Waals surface area (Å²) in [6.45, 7) is 0.754. The minimum Gasteiger partial charge on any atom is -0.378 e. The second-order valence-corrected chi connectivity index (χ2v) is 1.90. The second kappa shape index (κ2) is 2.89. The van der Waals surface area contributed by atoms with E-state index in [2.05, 4.69) is 0 Å². The molecule has 0 N–H and O–H groups in total. The summed E-state index contributed by atoms with van der Waals surface area (Å²) in [5.41, 5.74) is 0. The van der Waals surface area contributed by atoms with Crippen molar-refractivity contribution in [1.82, 2.24) is 5.12 Å². The van der Waals surface area contributed by atoms with Crippen molar-refractivity contribution in [2.75, 3.05) is 19.8 Å². The van der Waals surface area contributed by atoms with Gasteiger partial charge in [0, 0.05) is 0 Å². The standard InChI is InChI=1S/C5H8FNO2/c6-7-1-2-9-4-5(7)3-8/h3,5H,1-2,4H2. The quantitative estimate of drug-likeness (QED) is 0.365. The van der Waals surface area contributed by atoms with Crippen molar-refractivity contribution in [2.45, 2.75) is 6.04 Å². The Morgan fingerprint density at radius 3 is 3.00 bits per heavy atom. The normalized spacial score (nSPS) is 30.1. The molecule has 52 valence electrons. The van der Waals surface area contributed by atoms with Crippen molar-refractivity contribution in [1.29, 1.82) is 0 Å². The molecule has 4 heteroatoms. The fraction of sp³-hybridized carbons (Fsp3) is 0.800. The second-order valence-electron chi connectivity index (χ2n) is 1.90. The van der Waals surface area contributed by atoms with Crippen LogP contribution in [0.3, 0.4) is 0 Å². The van der Waals surface area contributed by atoms with Gasteiger partial charge in [0.25, 0.3) is 0 Å². The van der Waals surface area contributed by atoms with Crippen molar-refractivity contribution in [3.8, 4) is 0 Å². The van der Waals surface area contributed by atoms with Gasteiger partial charge in [-0.05, 0) is 0 Å². The van der Waals surface area contributed by atoms with Gasteiger partial charge in [0.15, 0.2) is 0 Å². The summed E-state index contributed by atoms with van der Waals surface area (Å²) in [5.74, 6) is 0. The molecule has 3 nitrogen and oxygen atoms in total. The zero-order chi connectivity index (χ0) is 6.69. The first-order valence-electron chi connectivity index (χ1n) is 2.80. The topological polar surface area (TPSA) is 29.5 Å². The lowest BCUT2D eigenvalue weighted by Crippen LogP contribution is -2.41. The summed E-state index contributed by atoms with van der Waals surface area (Å²) in [6.07, 6.45) is 0.555. The summed E-state index contributed by atoms with van der Waals surface area (Å²) < 4.78 is 17.2. The maximum Gasteiger partial charge on any atom is 0.142 e. The smallest absolute Gasteiger partial charge is 0.142 e. The molecular formula is C5H8FNO2. The van der Waals surface area contributed by atoms with E-state index in [1.807, 2.05) is 0 Å². The Hall–Kier alpha value is -0.480. The largest absolute Gasteiger partial charge is 0.378 e. The maximum absolute atomic E-state index is 12.4. The lowest BCUT2D eigenvalue weighted by molar-refractivity contribution is -0.137. The highest BCUT2D eigenvalue weighted by Gasteiger charge is 2.21. The molecule has 0 aromatic rings. The monoisotopic (exact) mass is 133 g/mol.